The molecule has 16 nitrogen and oxygen atoms in total. The number of anilines is 4. The van der Waals surface area contributed by atoms with Crippen molar-refractivity contribution in [2.45, 2.75) is 0 Å². The number of hydrogen-bond donors (Lipinski definition) is 2. The molecule has 4 N–H and O–H groups in total. The van der Waals surface area contributed by atoms with Crippen molar-refractivity contribution in [1.82, 2.24) is 0 Å². The lowest BCUT2D eigenvalue weighted by Gasteiger charge is -2.23. The van der Waals surface area contributed by atoms with Crippen LogP contribution in [0.4, 0.5) is 38.4 Å². The van der Waals surface area contributed by atoms with Gasteiger partial charge in [-0.05, 0) is 72.8 Å². The number of amidine groups is 2. The van der Waals surface area contributed by atoms with Crippen molar-refractivity contribution in [2.24, 2.45) is 10.2 Å². The minimum absolute atomic E-state index is 0.0513. The summed E-state index contributed by atoms with van der Waals surface area (Å²) in [5, 5.41) is 55.2. The van der Waals surface area contributed by atoms with Crippen molar-refractivity contribution < 1.29 is 35.1 Å². The van der Waals surface area contributed by atoms with E-state index in [4.69, 9.17) is 20.3 Å². The topological polar surface area (TPSA) is 203 Å². The smallest absolute Gasteiger partial charge is 0.277 e. The SMILES string of the molecule is O=[N+]([O-])c1ccc(N2N=C(c3ccccc3)[NH2+]N2c2ccccc2)cc1.O=[N+]([O-])c1ccc(N2N=C(c3ccccc3)[NH2+]N2c2ccccc2)cc1.[O-]B([O-])F. The van der Waals surface area contributed by atoms with E-state index >= 15 is 0 Å². The van der Waals surface area contributed by atoms with E-state index in [0.717, 1.165) is 45.5 Å². The van der Waals surface area contributed by atoms with Crippen LogP contribution in [-0.4, -0.2) is 28.9 Å². The van der Waals surface area contributed by atoms with Gasteiger partial charge < -0.3 is 14.4 Å². The summed E-state index contributed by atoms with van der Waals surface area (Å²) in [5.74, 6) is 1.63. The highest BCUT2D eigenvalue weighted by Crippen LogP contribution is 2.26. The fourth-order valence-corrected chi connectivity index (χ4v) is 5.48. The zero-order chi connectivity index (χ0) is 39.4. The van der Waals surface area contributed by atoms with Crippen LogP contribution in [0.25, 0.3) is 0 Å². The summed E-state index contributed by atoms with van der Waals surface area (Å²) in [6.07, 6.45) is 0. The predicted molar refractivity (Wildman–Crippen MR) is 206 cm³/mol. The molecule has 0 aromatic heterocycles. The average Bonchev–Trinajstić information content (AvgIpc) is 3.89. The molecule has 0 radical (unpaired) electrons. The first-order valence-corrected chi connectivity index (χ1v) is 16.9. The largest absolute Gasteiger partial charge is 0.867 e. The number of nitro benzene ring substituents is 2. The molecule has 6 aromatic rings. The number of non-ortho nitro benzene ring substituents is 2. The predicted octanol–water partition coefficient (Wildman–Crippen LogP) is 3.01. The summed E-state index contributed by atoms with van der Waals surface area (Å²) < 4.78 is 9.89. The molecule has 0 atom stereocenters. The monoisotopic (exact) mass is 754 g/mol. The molecule has 2 heterocycles. The van der Waals surface area contributed by atoms with Gasteiger partial charge in [0.25, 0.3) is 23.0 Å². The molecule has 0 saturated carbocycles. The van der Waals surface area contributed by atoms with Gasteiger partial charge in [0.05, 0.1) is 32.3 Å². The van der Waals surface area contributed by atoms with E-state index in [2.05, 4.69) is 0 Å². The van der Waals surface area contributed by atoms with Crippen molar-refractivity contribution in [2.75, 3.05) is 20.5 Å². The quantitative estimate of drug-likeness (QED) is 0.101. The first-order valence-electron chi connectivity index (χ1n) is 16.9. The Morgan fingerprint density at radius 3 is 1.04 bits per heavy atom. The maximum absolute atomic E-state index is 10.9. The van der Waals surface area contributed by atoms with Gasteiger partial charge in [-0.1, -0.05) is 83.0 Å². The molecule has 8 rings (SSSR count). The Hall–Kier alpha value is -7.51. The average molecular weight is 755 g/mol. The van der Waals surface area contributed by atoms with Crippen molar-refractivity contribution in [3.05, 3.63) is 201 Å². The third kappa shape index (κ3) is 9.53. The highest BCUT2D eigenvalue weighted by atomic mass is 19.1. The van der Waals surface area contributed by atoms with E-state index in [1.807, 2.05) is 142 Å². The summed E-state index contributed by atoms with van der Waals surface area (Å²) in [4.78, 5) is 21.0. The lowest BCUT2D eigenvalue weighted by molar-refractivity contribution is -0.545. The maximum atomic E-state index is 10.9. The summed E-state index contributed by atoms with van der Waals surface area (Å²) >= 11 is 0. The number of rotatable bonds is 8. The second-order valence-corrected chi connectivity index (χ2v) is 11.7. The van der Waals surface area contributed by atoms with Crippen molar-refractivity contribution in [3.8, 4) is 0 Å². The van der Waals surface area contributed by atoms with Crippen molar-refractivity contribution >= 4 is 53.2 Å². The second-order valence-electron chi connectivity index (χ2n) is 11.7. The molecule has 0 bridgehead atoms. The number of hydrogen-bond acceptors (Lipinski definition) is 12. The molecule has 280 valence electrons. The van der Waals surface area contributed by atoms with E-state index in [-0.39, 0.29) is 11.4 Å². The lowest BCUT2D eigenvalue weighted by atomic mass is 10.2. The van der Waals surface area contributed by atoms with Crippen LogP contribution in [0.15, 0.2) is 180 Å². The Morgan fingerprint density at radius 1 is 0.464 bits per heavy atom. The fourth-order valence-electron chi connectivity index (χ4n) is 5.48. The van der Waals surface area contributed by atoms with Gasteiger partial charge in [0.1, 0.15) is 18.8 Å². The highest BCUT2D eigenvalue weighted by Gasteiger charge is 2.32. The lowest BCUT2D eigenvalue weighted by Crippen LogP contribution is -2.96. The third-order valence-corrected chi connectivity index (χ3v) is 8.07. The number of hydrazine groups is 2. The molecule has 0 amide bonds. The number of halogens is 1. The minimum Gasteiger partial charge on any atom is -0.867 e. The van der Waals surface area contributed by atoms with Crippen LogP contribution in [0.3, 0.4) is 0 Å². The van der Waals surface area contributed by atoms with Crippen molar-refractivity contribution in [3.63, 3.8) is 0 Å². The molecule has 0 aliphatic carbocycles. The molecule has 18 heteroatoms. The Balaban J connectivity index is 0.000000174. The summed E-state index contributed by atoms with van der Waals surface area (Å²) in [6.45, 7) is 0. The van der Waals surface area contributed by atoms with Crippen LogP contribution in [0.1, 0.15) is 11.1 Å². The van der Waals surface area contributed by atoms with E-state index in [9.17, 15) is 24.5 Å². The fraction of sp³-hybridized carbons (Fsp3) is 0. The standard InChI is InChI=1S/2C19H15N5O2.BFO2/c2*25-24(26)18-13-11-17(12-14-18)23-21-19(15-7-3-1-4-8-15)20-22(23)16-9-5-2-6-10-16;2-1(3)4/h2*1-14H,(H,20,21);/q;;-2/p+2. The van der Waals surface area contributed by atoms with Gasteiger partial charge in [-0.2, -0.15) is 10.9 Å². The number of quaternary nitrogens is 2. The van der Waals surface area contributed by atoms with Crippen LogP contribution in [-0.2, 0) is 0 Å². The number of nitro groups is 2. The summed E-state index contributed by atoms with van der Waals surface area (Å²) in [7, 11) is -3.17. The summed E-state index contributed by atoms with van der Waals surface area (Å²) in [6, 6.07) is 52.1. The van der Waals surface area contributed by atoms with Crippen molar-refractivity contribution in [1.29, 1.82) is 0 Å². The summed E-state index contributed by atoms with van der Waals surface area (Å²) in [5.41, 5.74) is 9.36. The minimum atomic E-state index is -3.17. The Bertz CT molecular complexity index is 2120. The molecular formula is C38H32BFN10O6. The van der Waals surface area contributed by atoms with Gasteiger partial charge in [-0.15, -0.1) is 20.5 Å². The molecule has 2 aliphatic heterocycles. The zero-order valence-electron chi connectivity index (χ0n) is 29.3. The molecule has 0 saturated heterocycles. The Labute approximate surface area is 319 Å². The van der Waals surface area contributed by atoms with Crippen LogP contribution in [0.2, 0.25) is 0 Å². The first-order chi connectivity index (χ1) is 27.2. The molecule has 0 unspecified atom stereocenters. The van der Waals surface area contributed by atoms with Crippen LogP contribution >= 0.6 is 0 Å². The molecule has 0 spiro atoms. The second kappa shape index (κ2) is 18.0. The van der Waals surface area contributed by atoms with Gasteiger partial charge in [0, 0.05) is 24.3 Å². The number of para-hydroxylation sites is 2. The number of benzene rings is 6. The number of nitrogens with two attached hydrogens (primary N) is 2. The van der Waals surface area contributed by atoms with E-state index in [1.165, 1.54) is 24.3 Å². The molecule has 6 aromatic carbocycles. The van der Waals surface area contributed by atoms with E-state index < -0.39 is 17.2 Å². The molecule has 0 fully saturated rings. The first kappa shape index (κ1) is 38.2. The third-order valence-electron chi connectivity index (χ3n) is 8.07. The van der Waals surface area contributed by atoms with Gasteiger partial charge in [0.15, 0.2) is 0 Å². The Kier molecular flexibility index (Phi) is 12.3. The molecule has 56 heavy (non-hydrogen) atoms. The van der Waals surface area contributed by atoms with Gasteiger partial charge in [-0.3, -0.25) is 20.2 Å². The van der Waals surface area contributed by atoms with Crippen LogP contribution in [0, 0.1) is 20.2 Å². The zero-order valence-corrected chi connectivity index (χ0v) is 29.3. The van der Waals surface area contributed by atoms with Crippen LogP contribution < -0.4 is 41.4 Å². The molecular weight excluding hydrogens is 722 g/mol. The number of hydrazone groups is 2. The van der Waals surface area contributed by atoms with Crippen LogP contribution in [0.5, 0.6) is 0 Å². The van der Waals surface area contributed by atoms with Gasteiger partial charge in [0.2, 0.25) is 0 Å². The normalized spacial score (nSPS) is 13.1. The highest BCUT2D eigenvalue weighted by molar-refractivity contribution is 6.27. The van der Waals surface area contributed by atoms with Gasteiger partial charge in [-0.25, -0.2) is 0 Å². The van der Waals surface area contributed by atoms with E-state index in [1.54, 1.807) is 34.5 Å². The van der Waals surface area contributed by atoms with E-state index in [0.29, 0.717) is 0 Å². The molecule has 2 aliphatic rings. The maximum Gasteiger partial charge on any atom is 0.277 e. The van der Waals surface area contributed by atoms with Gasteiger partial charge >= 0.3 is 0 Å². The number of nitrogens with zero attached hydrogens (tertiary/aromatic N) is 8. The Morgan fingerprint density at radius 2 is 0.750 bits per heavy atom.